The van der Waals surface area contributed by atoms with Gasteiger partial charge in [-0.25, -0.2) is 4.98 Å². The van der Waals surface area contributed by atoms with E-state index in [1.165, 1.54) is 0 Å². The van der Waals surface area contributed by atoms with Crippen LogP contribution in [0.3, 0.4) is 0 Å². The zero-order chi connectivity index (χ0) is 12.7. The molecule has 0 fully saturated rings. The van der Waals surface area contributed by atoms with Crippen molar-refractivity contribution in [1.29, 1.82) is 0 Å². The highest BCUT2D eigenvalue weighted by atomic mass is 16.5. The van der Waals surface area contributed by atoms with Gasteiger partial charge >= 0.3 is 0 Å². The average Bonchev–Trinajstić information content (AvgIpc) is 2.35. The minimum Gasteiger partial charge on any atom is -0.380 e. The van der Waals surface area contributed by atoms with Crippen molar-refractivity contribution in [3.05, 3.63) is 23.4 Å². The molecule has 0 aliphatic rings. The monoisotopic (exact) mass is 237 g/mol. The molecule has 0 aliphatic heterocycles. The first-order valence-corrected chi connectivity index (χ1v) is 6.22. The molecule has 0 saturated heterocycles. The van der Waals surface area contributed by atoms with Gasteiger partial charge in [-0.15, -0.1) is 0 Å². The number of aromatic nitrogens is 1. The normalized spacial score (nSPS) is 10.6. The Bertz CT molecular complexity index is 341. The summed E-state index contributed by atoms with van der Waals surface area (Å²) in [6.45, 7) is 9.99. The van der Waals surface area contributed by atoms with E-state index in [-0.39, 0.29) is 0 Å². The first-order chi connectivity index (χ1) is 8.22. The van der Waals surface area contributed by atoms with Gasteiger partial charge in [-0.3, -0.25) is 0 Å². The molecule has 0 atom stereocenters. The maximum Gasteiger partial charge on any atom is 0.128 e. The molecule has 17 heavy (non-hydrogen) atoms. The molecule has 1 heterocycles. The number of nitrogens with two attached hydrogens (primary N) is 1. The van der Waals surface area contributed by atoms with Crippen molar-refractivity contribution in [2.75, 3.05) is 31.2 Å². The zero-order valence-corrected chi connectivity index (χ0v) is 11.1. The molecule has 0 radical (unpaired) electrons. The van der Waals surface area contributed by atoms with Crippen molar-refractivity contribution >= 4 is 5.82 Å². The van der Waals surface area contributed by atoms with E-state index >= 15 is 0 Å². The lowest BCUT2D eigenvalue weighted by atomic mass is 10.2. The van der Waals surface area contributed by atoms with E-state index in [2.05, 4.69) is 22.9 Å². The van der Waals surface area contributed by atoms with Crippen molar-refractivity contribution in [3.63, 3.8) is 0 Å². The predicted molar refractivity (Wildman–Crippen MR) is 71.2 cm³/mol. The molecule has 0 amide bonds. The van der Waals surface area contributed by atoms with E-state index in [9.17, 15) is 0 Å². The van der Waals surface area contributed by atoms with Crippen LogP contribution in [0, 0.1) is 6.92 Å². The summed E-state index contributed by atoms with van der Waals surface area (Å²) in [7, 11) is 0. The topological polar surface area (TPSA) is 51.4 Å². The summed E-state index contributed by atoms with van der Waals surface area (Å²) in [6, 6.07) is 4.09. The van der Waals surface area contributed by atoms with Crippen LogP contribution in [0.1, 0.15) is 25.1 Å². The molecular formula is C13H23N3O. The molecule has 0 aliphatic carbocycles. The highest BCUT2D eigenvalue weighted by Crippen LogP contribution is 2.14. The molecular weight excluding hydrogens is 214 g/mol. The van der Waals surface area contributed by atoms with Crippen LogP contribution >= 0.6 is 0 Å². The molecule has 2 N–H and O–H groups in total. The van der Waals surface area contributed by atoms with Gasteiger partial charge in [0.15, 0.2) is 0 Å². The standard InChI is InChI=1S/C13H23N3O/c1-4-16(8-9-17-5-2)13-7-6-12(10-14)11(3)15-13/h6-7H,4-5,8-10,14H2,1-3H3. The largest absolute Gasteiger partial charge is 0.380 e. The van der Waals surface area contributed by atoms with Gasteiger partial charge in [0.05, 0.1) is 6.61 Å². The summed E-state index contributed by atoms with van der Waals surface area (Å²) in [5.41, 5.74) is 7.75. The lowest BCUT2D eigenvalue weighted by Gasteiger charge is -2.22. The molecule has 0 spiro atoms. The van der Waals surface area contributed by atoms with E-state index in [0.29, 0.717) is 6.54 Å². The first kappa shape index (κ1) is 13.9. The SMILES string of the molecule is CCOCCN(CC)c1ccc(CN)c(C)n1. The fraction of sp³-hybridized carbons (Fsp3) is 0.615. The summed E-state index contributed by atoms with van der Waals surface area (Å²) < 4.78 is 5.37. The molecule has 0 saturated carbocycles. The second-order valence-electron chi connectivity index (χ2n) is 3.89. The van der Waals surface area contributed by atoms with Gasteiger partial charge in [0, 0.05) is 31.9 Å². The highest BCUT2D eigenvalue weighted by molar-refractivity contribution is 5.41. The van der Waals surface area contributed by atoms with E-state index in [4.69, 9.17) is 10.5 Å². The Morgan fingerprint density at radius 2 is 2.12 bits per heavy atom. The average molecular weight is 237 g/mol. The maximum atomic E-state index is 5.63. The second-order valence-corrected chi connectivity index (χ2v) is 3.89. The predicted octanol–water partition coefficient (Wildman–Crippen LogP) is 1.71. The number of ether oxygens (including phenoxy) is 1. The smallest absolute Gasteiger partial charge is 0.128 e. The number of anilines is 1. The van der Waals surface area contributed by atoms with E-state index < -0.39 is 0 Å². The van der Waals surface area contributed by atoms with Gasteiger partial charge in [-0.05, 0) is 32.4 Å². The van der Waals surface area contributed by atoms with Crippen molar-refractivity contribution < 1.29 is 4.74 Å². The van der Waals surface area contributed by atoms with E-state index in [0.717, 1.165) is 43.4 Å². The number of hydrogen-bond donors (Lipinski definition) is 1. The summed E-state index contributed by atoms with van der Waals surface area (Å²) in [4.78, 5) is 6.80. The minimum absolute atomic E-state index is 0.546. The fourth-order valence-corrected chi connectivity index (χ4v) is 1.72. The molecule has 96 valence electrons. The summed E-state index contributed by atoms with van der Waals surface area (Å²) in [5, 5.41) is 0. The Morgan fingerprint density at radius 1 is 1.35 bits per heavy atom. The van der Waals surface area contributed by atoms with Crippen LogP contribution in [-0.2, 0) is 11.3 Å². The zero-order valence-electron chi connectivity index (χ0n) is 11.1. The van der Waals surface area contributed by atoms with Crippen molar-refractivity contribution in [3.8, 4) is 0 Å². The van der Waals surface area contributed by atoms with Gasteiger partial charge in [0.2, 0.25) is 0 Å². The van der Waals surface area contributed by atoms with Gasteiger partial charge in [-0.2, -0.15) is 0 Å². The van der Waals surface area contributed by atoms with E-state index in [1.54, 1.807) is 0 Å². The Morgan fingerprint density at radius 3 is 2.65 bits per heavy atom. The summed E-state index contributed by atoms with van der Waals surface area (Å²) in [6.07, 6.45) is 0. The molecule has 0 unspecified atom stereocenters. The summed E-state index contributed by atoms with van der Waals surface area (Å²) in [5.74, 6) is 1.00. The summed E-state index contributed by atoms with van der Waals surface area (Å²) >= 11 is 0. The van der Waals surface area contributed by atoms with Crippen molar-refractivity contribution in [2.24, 2.45) is 5.73 Å². The molecule has 4 heteroatoms. The third-order valence-electron chi connectivity index (χ3n) is 2.82. The third kappa shape index (κ3) is 3.98. The van der Waals surface area contributed by atoms with Gasteiger partial charge in [0.1, 0.15) is 5.82 Å². The third-order valence-corrected chi connectivity index (χ3v) is 2.82. The number of pyridine rings is 1. The van der Waals surface area contributed by atoms with Crippen molar-refractivity contribution in [2.45, 2.75) is 27.3 Å². The Kier molecular flexibility index (Phi) is 5.94. The minimum atomic E-state index is 0.546. The first-order valence-electron chi connectivity index (χ1n) is 6.22. The van der Waals surface area contributed by atoms with Crippen LogP contribution in [0.5, 0.6) is 0 Å². The van der Waals surface area contributed by atoms with Crippen LogP contribution in [0.25, 0.3) is 0 Å². The van der Waals surface area contributed by atoms with Crippen LogP contribution in [0.15, 0.2) is 12.1 Å². The molecule has 1 rings (SSSR count). The number of nitrogens with zero attached hydrogens (tertiary/aromatic N) is 2. The molecule has 0 aromatic carbocycles. The quantitative estimate of drug-likeness (QED) is 0.734. The number of hydrogen-bond acceptors (Lipinski definition) is 4. The van der Waals surface area contributed by atoms with Gasteiger partial charge in [-0.1, -0.05) is 6.07 Å². The maximum absolute atomic E-state index is 5.63. The van der Waals surface area contributed by atoms with Gasteiger partial charge in [0.25, 0.3) is 0 Å². The Labute approximate surface area is 104 Å². The molecule has 4 nitrogen and oxygen atoms in total. The van der Waals surface area contributed by atoms with Crippen LogP contribution in [0.4, 0.5) is 5.82 Å². The van der Waals surface area contributed by atoms with Crippen LogP contribution in [0.2, 0.25) is 0 Å². The van der Waals surface area contributed by atoms with Crippen LogP contribution < -0.4 is 10.6 Å². The molecule has 1 aromatic heterocycles. The Balaban J connectivity index is 2.71. The fourth-order valence-electron chi connectivity index (χ4n) is 1.72. The van der Waals surface area contributed by atoms with Crippen molar-refractivity contribution in [1.82, 2.24) is 4.98 Å². The molecule has 0 bridgehead atoms. The van der Waals surface area contributed by atoms with Crippen LogP contribution in [-0.4, -0.2) is 31.3 Å². The number of likely N-dealkylation sites (N-methyl/N-ethyl adjacent to an activating group) is 1. The van der Waals surface area contributed by atoms with E-state index in [1.807, 2.05) is 19.9 Å². The second kappa shape index (κ2) is 7.25. The lowest BCUT2D eigenvalue weighted by molar-refractivity contribution is 0.154. The van der Waals surface area contributed by atoms with Gasteiger partial charge < -0.3 is 15.4 Å². The number of rotatable bonds is 7. The Hall–Kier alpha value is -1.13. The highest BCUT2D eigenvalue weighted by Gasteiger charge is 2.07. The number of aryl methyl sites for hydroxylation is 1. The lowest BCUT2D eigenvalue weighted by Crippen LogP contribution is -2.28. The molecule has 1 aromatic rings.